The maximum atomic E-state index is 12.2. The minimum Gasteiger partial charge on any atom is -0.336 e. The van der Waals surface area contributed by atoms with Crippen LogP contribution in [-0.2, 0) is 11.2 Å². The summed E-state index contributed by atoms with van der Waals surface area (Å²) in [6.07, 6.45) is -4.35. The Balaban J connectivity index is 2.70. The number of nitriles is 1. The first-order valence-electron chi connectivity index (χ1n) is 5.59. The van der Waals surface area contributed by atoms with Gasteiger partial charge in [-0.3, -0.25) is 4.79 Å². The van der Waals surface area contributed by atoms with E-state index < -0.39 is 24.5 Å². The fraction of sp³-hybridized carbons (Fsp3) is 0.385. The number of rotatable bonds is 4. The lowest BCUT2D eigenvalue weighted by molar-refractivity contribution is -0.159. The number of nitrogens with zero attached hydrogens (tertiary/aromatic N) is 2. The maximum Gasteiger partial charge on any atom is 0.406 e. The molecule has 102 valence electrons. The summed E-state index contributed by atoms with van der Waals surface area (Å²) in [4.78, 5) is 12.3. The molecule has 3 nitrogen and oxygen atoms in total. The van der Waals surface area contributed by atoms with Gasteiger partial charge < -0.3 is 4.90 Å². The van der Waals surface area contributed by atoms with E-state index in [1.807, 2.05) is 0 Å². The van der Waals surface area contributed by atoms with Crippen LogP contribution in [0.3, 0.4) is 0 Å². The molecule has 1 unspecified atom stereocenters. The molecule has 19 heavy (non-hydrogen) atoms. The lowest BCUT2D eigenvalue weighted by Crippen LogP contribution is -2.39. The highest BCUT2D eigenvalue weighted by molar-refractivity contribution is 5.81. The quantitative estimate of drug-likeness (QED) is 0.843. The molecular weight excluding hydrogens is 257 g/mol. The van der Waals surface area contributed by atoms with Crippen LogP contribution in [-0.4, -0.2) is 30.6 Å². The Labute approximate surface area is 109 Å². The number of hydrogen-bond acceptors (Lipinski definition) is 2. The molecule has 0 radical (unpaired) electrons. The van der Waals surface area contributed by atoms with Gasteiger partial charge in [0.05, 0.1) is 6.07 Å². The minimum absolute atomic E-state index is 0.109. The zero-order valence-corrected chi connectivity index (χ0v) is 10.3. The van der Waals surface area contributed by atoms with E-state index in [9.17, 15) is 18.0 Å². The van der Waals surface area contributed by atoms with E-state index in [1.54, 1.807) is 36.4 Å². The Hall–Kier alpha value is -2.03. The van der Waals surface area contributed by atoms with Gasteiger partial charge in [0.15, 0.2) is 0 Å². The minimum atomic E-state index is -4.46. The van der Waals surface area contributed by atoms with Crippen LogP contribution in [0.2, 0.25) is 0 Å². The second-order valence-electron chi connectivity index (χ2n) is 4.18. The van der Waals surface area contributed by atoms with Crippen LogP contribution in [0, 0.1) is 17.2 Å². The molecule has 0 spiro atoms. The van der Waals surface area contributed by atoms with E-state index in [2.05, 4.69) is 0 Å². The first-order valence-corrected chi connectivity index (χ1v) is 5.59. The van der Waals surface area contributed by atoms with Crippen molar-refractivity contribution in [3.8, 4) is 6.07 Å². The van der Waals surface area contributed by atoms with Crippen molar-refractivity contribution >= 4 is 5.91 Å². The fourth-order valence-corrected chi connectivity index (χ4v) is 1.65. The molecule has 1 amide bonds. The van der Waals surface area contributed by atoms with Gasteiger partial charge in [-0.25, -0.2) is 0 Å². The van der Waals surface area contributed by atoms with E-state index >= 15 is 0 Å². The van der Waals surface area contributed by atoms with Gasteiger partial charge in [0.2, 0.25) is 5.91 Å². The van der Waals surface area contributed by atoms with Crippen molar-refractivity contribution in [3.63, 3.8) is 0 Å². The number of amides is 1. The third kappa shape index (κ3) is 5.00. The van der Waals surface area contributed by atoms with Crippen LogP contribution in [0.1, 0.15) is 5.56 Å². The number of alkyl halides is 3. The van der Waals surface area contributed by atoms with Crippen LogP contribution in [0.15, 0.2) is 30.3 Å². The predicted octanol–water partition coefficient (Wildman–Crippen LogP) is 2.39. The van der Waals surface area contributed by atoms with Crippen LogP contribution in [0.5, 0.6) is 0 Å². The first kappa shape index (κ1) is 15.0. The van der Waals surface area contributed by atoms with E-state index in [0.717, 1.165) is 12.6 Å². The maximum absolute atomic E-state index is 12.2. The Morgan fingerprint density at radius 2 is 1.95 bits per heavy atom. The van der Waals surface area contributed by atoms with Gasteiger partial charge >= 0.3 is 6.18 Å². The Morgan fingerprint density at radius 1 is 1.37 bits per heavy atom. The number of benzene rings is 1. The highest BCUT2D eigenvalue weighted by Crippen LogP contribution is 2.18. The monoisotopic (exact) mass is 270 g/mol. The van der Waals surface area contributed by atoms with E-state index in [4.69, 9.17) is 5.26 Å². The van der Waals surface area contributed by atoms with E-state index in [0.29, 0.717) is 4.90 Å². The first-order chi connectivity index (χ1) is 8.83. The van der Waals surface area contributed by atoms with Gasteiger partial charge in [0.1, 0.15) is 12.5 Å². The molecule has 0 saturated carbocycles. The highest BCUT2D eigenvalue weighted by Gasteiger charge is 2.33. The molecule has 0 fully saturated rings. The van der Waals surface area contributed by atoms with Gasteiger partial charge in [0, 0.05) is 7.05 Å². The van der Waals surface area contributed by atoms with Crippen molar-refractivity contribution in [2.75, 3.05) is 13.6 Å². The largest absolute Gasteiger partial charge is 0.406 e. The summed E-state index contributed by atoms with van der Waals surface area (Å²) in [6, 6.07) is 10.5. The molecule has 1 atom stereocenters. The zero-order valence-electron chi connectivity index (χ0n) is 10.3. The van der Waals surface area contributed by atoms with Crippen molar-refractivity contribution in [3.05, 3.63) is 35.9 Å². The summed E-state index contributed by atoms with van der Waals surface area (Å²) in [7, 11) is 1.05. The van der Waals surface area contributed by atoms with Gasteiger partial charge in [-0.1, -0.05) is 30.3 Å². The summed E-state index contributed by atoms with van der Waals surface area (Å²) >= 11 is 0. The number of hydrogen-bond donors (Lipinski definition) is 0. The topological polar surface area (TPSA) is 44.1 Å². The molecule has 0 aliphatic carbocycles. The predicted molar refractivity (Wildman–Crippen MR) is 62.9 cm³/mol. The highest BCUT2D eigenvalue weighted by atomic mass is 19.4. The number of carbonyl (C=O) groups is 1. The zero-order chi connectivity index (χ0) is 14.5. The van der Waals surface area contributed by atoms with Gasteiger partial charge in [-0.2, -0.15) is 18.4 Å². The second-order valence-corrected chi connectivity index (χ2v) is 4.18. The average Bonchev–Trinajstić information content (AvgIpc) is 2.34. The number of halogens is 3. The molecule has 0 heterocycles. The Kier molecular flexibility index (Phi) is 4.93. The van der Waals surface area contributed by atoms with Crippen LogP contribution < -0.4 is 0 Å². The SMILES string of the molecule is CN(CC(F)(F)F)C(=O)C(C#N)Cc1ccccc1. The lowest BCUT2D eigenvalue weighted by atomic mass is 9.99. The molecule has 0 aliphatic rings. The van der Waals surface area contributed by atoms with Crippen molar-refractivity contribution in [1.29, 1.82) is 5.26 Å². The summed E-state index contributed by atoms with van der Waals surface area (Å²) in [6.45, 7) is -1.35. The van der Waals surface area contributed by atoms with Crippen LogP contribution >= 0.6 is 0 Å². The number of carbonyl (C=O) groups excluding carboxylic acids is 1. The fourth-order valence-electron chi connectivity index (χ4n) is 1.65. The molecule has 0 bridgehead atoms. The molecular formula is C13H13F3N2O. The van der Waals surface area contributed by atoms with E-state index in [-0.39, 0.29) is 6.42 Å². The molecule has 0 saturated heterocycles. The van der Waals surface area contributed by atoms with E-state index in [1.165, 1.54) is 0 Å². The average molecular weight is 270 g/mol. The molecule has 1 aromatic carbocycles. The summed E-state index contributed by atoms with van der Waals surface area (Å²) in [5.74, 6) is -1.92. The third-order valence-electron chi connectivity index (χ3n) is 2.53. The normalized spacial score (nSPS) is 12.6. The smallest absolute Gasteiger partial charge is 0.336 e. The van der Waals surface area contributed by atoms with Gasteiger partial charge in [-0.15, -0.1) is 0 Å². The van der Waals surface area contributed by atoms with Crippen molar-refractivity contribution in [2.45, 2.75) is 12.6 Å². The molecule has 0 aliphatic heterocycles. The Morgan fingerprint density at radius 3 is 2.42 bits per heavy atom. The van der Waals surface area contributed by atoms with Crippen LogP contribution in [0.4, 0.5) is 13.2 Å². The summed E-state index contributed by atoms with van der Waals surface area (Å²) < 4.78 is 36.6. The van der Waals surface area contributed by atoms with Crippen molar-refractivity contribution < 1.29 is 18.0 Å². The van der Waals surface area contributed by atoms with Crippen LogP contribution in [0.25, 0.3) is 0 Å². The van der Waals surface area contributed by atoms with Crippen molar-refractivity contribution in [2.24, 2.45) is 5.92 Å². The van der Waals surface area contributed by atoms with Gasteiger partial charge in [0.25, 0.3) is 0 Å². The molecule has 1 rings (SSSR count). The molecule has 0 aromatic heterocycles. The molecule has 1 aromatic rings. The lowest BCUT2D eigenvalue weighted by Gasteiger charge is -2.21. The second kappa shape index (κ2) is 6.23. The van der Waals surface area contributed by atoms with Gasteiger partial charge in [-0.05, 0) is 12.0 Å². The summed E-state index contributed by atoms with van der Waals surface area (Å²) in [5, 5.41) is 8.93. The molecule has 6 heteroatoms. The standard InChI is InChI=1S/C13H13F3N2O/c1-18(9-13(14,15)16)12(19)11(8-17)7-10-5-3-2-4-6-10/h2-6,11H,7,9H2,1H3. The molecule has 0 N–H and O–H groups in total. The summed E-state index contributed by atoms with van der Waals surface area (Å²) in [5.41, 5.74) is 0.739. The Bertz CT molecular complexity index is 465. The van der Waals surface area contributed by atoms with Crippen molar-refractivity contribution in [1.82, 2.24) is 4.90 Å². The third-order valence-corrected chi connectivity index (χ3v) is 2.53.